The van der Waals surface area contributed by atoms with Gasteiger partial charge in [0.05, 0.1) is 18.1 Å². The summed E-state index contributed by atoms with van der Waals surface area (Å²) < 4.78 is 5.20. The lowest BCUT2D eigenvalue weighted by molar-refractivity contribution is -0.127. The van der Waals surface area contributed by atoms with Crippen molar-refractivity contribution in [2.45, 2.75) is 38.6 Å². The maximum Gasteiger partial charge on any atom is 0.226 e. The van der Waals surface area contributed by atoms with Crippen LogP contribution < -0.4 is 11.1 Å². The molecule has 1 saturated heterocycles. The molecule has 0 aromatic rings. The molecule has 0 saturated carbocycles. The minimum absolute atomic E-state index is 0. The Morgan fingerprint density at radius 2 is 2.12 bits per heavy atom. The van der Waals surface area contributed by atoms with Gasteiger partial charge < -0.3 is 15.8 Å². The van der Waals surface area contributed by atoms with Crippen LogP contribution in [0, 0.1) is 5.92 Å². The van der Waals surface area contributed by atoms with Crippen molar-refractivity contribution in [1.82, 2.24) is 5.32 Å². The first-order valence-electron chi connectivity index (χ1n) is 5.77. The maximum absolute atomic E-state index is 11.9. The van der Waals surface area contributed by atoms with E-state index in [1.54, 1.807) is 0 Å². The average Bonchev–Trinajstić information content (AvgIpc) is 2.79. The summed E-state index contributed by atoms with van der Waals surface area (Å²) in [5, 5.41) is 3.08. The summed E-state index contributed by atoms with van der Waals surface area (Å²) in [6.07, 6.45) is 2.58. The number of amides is 1. The molecule has 0 aromatic heterocycles. The Balaban J connectivity index is 0.00000225. The first-order valence-corrected chi connectivity index (χ1v) is 5.77. The number of halogens is 1. The van der Waals surface area contributed by atoms with Gasteiger partial charge in [-0.25, -0.2) is 0 Å². The van der Waals surface area contributed by atoms with Crippen molar-refractivity contribution in [3.05, 3.63) is 0 Å². The number of nitrogens with two attached hydrogens (primary N) is 1. The lowest BCUT2D eigenvalue weighted by atomic mass is 9.92. The van der Waals surface area contributed by atoms with Gasteiger partial charge in [-0.15, -0.1) is 12.4 Å². The van der Waals surface area contributed by atoms with Crippen LogP contribution in [-0.4, -0.2) is 31.2 Å². The van der Waals surface area contributed by atoms with Crippen molar-refractivity contribution in [2.24, 2.45) is 11.7 Å². The zero-order valence-corrected chi connectivity index (χ0v) is 10.9. The fourth-order valence-electron chi connectivity index (χ4n) is 1.87. The Hall–Kier alpha value is -0.320. The van der Waals surface area contributed by atoms with Crippen LogP contribution in [0.4, 0.5) is 0 Å². The Morgan fingerprint density at radius 1 is 1.50 bits per heavy atom. The van der Waals surface area contributed by atoms with Crippen LogP contribution in [0.5, 0.6) is 0 Å². The molecule has 0 spiro atoms. The molecule has 1 atom stereocenters. The predicted octanol–water partition coefficient (Wildman–Crippen LogP) is 1.08. The smallest absolute Gasteiger partial charge is 0.226 e. The van der Waals surface area contributed by atoms with Crippen LogP contribution in [0.1, 0.15) is 33.1 Å². The molecular formula is C11H23ClN2O2. The van der Waals surface area contributed by atoms with E-state index in [9.17, 15) is 4.79 Å². The first-order chi connectivity index (χ1) is 7.17. The number of ether oxygens (including phenoxy) is 1. The summed E-state index contributed by atoms with van der Waals surface area (Å²) in [5.41, 5.74) is 5.51. The van der Waals surface area contributed by atoms with Crippen molar-refractivity contribution >= 4 is 18.3 Å². The molecule has 1 fully saturated rings. The highest BCUT2D eigenvalue weighted by atomic mass is 35.5. The Kier molecular flexibility index (Phi) is 6.95. The normalized spacial score (nSPS) is 20.3. The van der Waals surface area contributed by atoms with Gasteiger partial charge in [0.25, 0.3) is 0 Å². The number of rotatable bonds is 5. The molecule has 0 radical (unpaired) electrons. The second-order valence-corrected chi connectivity index (χ2v) is 4.24. The van der Waals surface area contributed by atoms with E-state index >= 15 is 0 Å². The molecule has 4 nitrogen and oxygen atoms in total. The van der Waals surface area contributed by atoms with Crippen molar-refractivity contribution < 1.29 is 9.53 Å². The van der Waals surface area contributed by atoms with Crippen LogP contribution in [0.15, 0.2) is 0 Å². The first kappa shape index (κ1) is 15.7. The van der Waals surface area contributed by atoms with Gasteiger partial charge in [0.2, 0.25) is 5.91 Å². The van der Waals surface area contributed by atoms with Crippen LogP contribution in [0.2, 0.25) is 0 Å². The van der Waals surface area contributed by atoms with E-state index in [2.05, 4.69) is 19.2 Å². The van der Waals surface area contributed by atoms with Crippen molar-refractivity contribution in [1.29, 1.82) is 0 Å². The molecule has 0 aliphatic carbocycles. The predicted molar refractivity (Wildman–Crippen MR) is 66.7 cm³/mol. The number of carbonyl (C=O) groups is 1. The highest BCUT2D eigenvalue weighted by Gasteiger charge is 2.31. The summed E-state index contributed by atoms with van der Waals surface area (Å²) in [4.78, 5) is 11.9. The van der Waals surface area contributed by atoms with E-state index in [0.29, 0.717) is 19.8 Å². The summed E-state index contributed by atoms with van der Waals surface area (Å²) in [7, 11) is 0. The highest BCUT2D eigenvalue weighted by Crippen LogP contribution is 2.17. The van der Waals surface area contributed by atoms with Gasteiger partial charge in [-0.3, -0.25) is 4.79 Å². The third-order valence-corrected chi connectivity index (χ3v) is 3.43. The molecule has 1 unspecified atom stereocenters. The second-order valence-electron chi connectivity index (χ2n) is 4.24. The standard InChI is InChI=1S/C11H22N2O2.ClH/c1-3-11(4-2,8-12)13-10(14)9-5-6-15-7-9;/h9H,3-8,12H2,1-2H3,(H,13,14);1H. The van der Waals surface area contributed by atoms with E-state index in [0.717, 1.165) is 19.3 Å². The van der Waals surface area contributed by atoms with Crippen molar-refractivity contribution in [3.63, 3.8) is 0 Å². The Bertz CT molecular complexity index is 206. The second kappa shape index (κ2) is 7.09. The van der Waals surface area contributed by atoms with E-state index in [4.69, 9.17) is 10.5 Å². The fourth-order valence-corrected chi connectivity index (χ4v) is 1.87. The molecule has 96 valence electrons. The van der Waals surface area contributed by atoms with Gasteiger partial charge in [-0.1, -0.05) is 13.8 Å². The van der Waals surface area contributed by atoms with Crippen molar-refractivity contribution in [2.75, 3.05) is 19.8 Å². The Morgan fingerprint density at radius 3 is 2.50 bits per heavy atom. The Labute approximate surface area is 104 Å². The number of hydrogen-bond acceptors (Lipinski definition) is 3. The van der Waals surface area contributed by atoms with E-state index in [1.165, 1.54) is 0 Å². The van der Waals surface area contributed by atoms with Crippen LogP contribution >= 0.6 is 12.4 Å². The van der Waals surface area contributed by atoms with Crippen LogP contribution in [0.25, 0.3) is 0 Å². The molecule has 1 heterocycles. The van der Waals surface area contributed by atoms with E-state index in [1.807, 2.05) is 0 Å². The third kappa shape index (κ3) is 3.61. The lowest BCUT2D eigenvalue weighted by Gasteiger charge is -2.32. The van der Waals surface area contributed by atoms with Gasteiger partial charge in [0, 0.05) is 13.2 Å². The number of carbonyl (C=O) groups excluding carboxylic acids is 1. The quantitative estimate of drug-likeness (QED) is 0.768. The number of hydrogen-bond donors (Lipinski definition) is 2. The fraction of sp³-hybridized carbons (Fsp3) is 0.909. The topological polar surface area (TPSA) is 64.3 Å². The third-order valence-electron chi connectivity index (χ3n) is 3.43. The molecule has 3 N–H and O–H groups in total. The maximum atomic E-state index is 11.9. The zero-order valence-electron chi connectivity index (χ0n) is 10.1. The molecule has 1 rings (SSSR count). The number of nitrogens with one attached hydrogen (secondary N) is 1. The minimum Gasteiger partial charge on any atom is -0.381 e. The SMILES string of the molecule is CCC(CC)(CN)NC(=O)C1CCOC1.Cl. The van der Waals surface area contributed by atoms with Gasteiger partial charge in [-0.2, -0.15) is 0 Å². The molecule has 0 aromatic carbocycles. The zero-order chi connectivity index (χ0) is 11.3. The molecule has 0 bridgehead atoms. The summed E-state index contributed by atoms with van der Waals surface area (Å²) >= 11 is 0. The minimum atomic E-state index is -0.223. The van der Waals surface area contributed by atoms with Gasteiger partial charge in [0.1, 0.15) is 0 Å². The molecule has 5 heteroatoms. The average molecular weight is 251 g/mol. The van der Waals surface area contributed by atoms with Gasteiger partial charge in [-0.05, 0) is 19.3 Å². The largest absolute Gasteiger partial charge is 0.381 e. The summed E-state index contributed by atoms with van der Waals surface area (Å²) in [6, 6.07) is 0. The van der Waals surface area contributed by atoms with E-state index in [-0.39, 0.29) is 29.8 Å². The summed E-state index contributed by atoms with van der Waals surface area (Å²) in [6.45, 7) is 5.87. The van der Waals surface area contributed by atoms with Crippen LogP contribution in [-0.2, 0) is 9.53 Å². The lowest BCUT2D eigenvalue weighted by Crippen LogP contribution is -2.54. The molecule has 1 amide bonds. The van der Waals surface area contributed by atoms with Crippen molar-refractivity contribution in [3.8, 4) is 0 Å². The van der Waals surface area contributed by atoms with Gasteiger partial charge >= 0.3 is 0 Å². The summed E-state index contributed by atoms with van der Waals surface area (Å²) in [5.74, 6) is 0.121. The van der Waals surface area contributed by atoms with Crippen LogP contribution in [0.3, 0.4) is 0 Å². The highest BCUT2D eigenvalue weighted by molar-refractivity contribution is 5.85. The van der Waals surface area contributed by atoms with E-state index < -0.39 is 0 Å². The monoisotopic (exact) mass is 250 g/mol. The molecule has 16 heavy (non-hydrogen) atoms. The molecule has 1 aliphatic rings. The molecule has 1 aliphatic heterocycles. The molecular weight excluding hydrogens is 228 g/mol. The van der Waals surface area contributed by atoms with Gasteiger partial charge in [0.15, 0.2) is 0 Å².